The van der Waals surface area contributed by atoms with Crippen LogP contribution >= 0.6 is 0 Å². The standard InChI is InChI=1S/C17H15FN2O/c18-14-7-5-13(6-8-14)16(19)11-20-10-9-12-3-1-2-4-15(12)17(20)21/h1-10,16H,11,19H2. The molecule has 0 amide bonds. The van der Waals surface area contributed by atoms with E-state index in [0.717, 1.165) is 10.9 Å². The second-order valence-electron chi connectivity index (χ2n) is 5.02. The lowest BCUT2D eigenvalue weighted by Crippen LogP contribution is -2.26. The molecule has 0 fully saturated rings. The molecular formula is C17H15FN2O. The highest BCUT2D eigenvalue weighted by Crippen LogP contribution is 2.14. The van der Waals surface area contributed by atoms with E-state index in [-0.39, 0.29) is 17.4 Å². The first-order valence-corrected chi connectivity index (χ1v) is 6.74. The van der Waals surface area contributed by atoms with Crippen LogP contribution in [0.15, 0.2) is 65.6 Å². The predicted octanol–water partition coefficient (Wildman–Crippen LogP) is 2.84. The molecule has 1 aromatic heterocycles. The molecule has 0 spiro atoms. The van der Waals surface area contributed by atoms with Crippen molar-refractivity contribution in [3.63, 3.8) is 0 Å². The van der Waals surface area contributed by atoms with E-state index >= 15 is 0 Å². The molecular weight excluding hydrogens is 267 g/mol. The molecule has 106 valence electrons. The molecule has 0 radical (unpaired) electrons. The Hall–Kier alpha value is -2.46. The van der Waals surface area contributed by atoms with E-state index in [1.54, 1.807) is 29.0 Å². The third-order valence-corrected chi connectivity index (χ3v) is 3.58. The predicted molar refractivity (Wildman–Crippen MR) is 81.5 cm³/mol. The second-order valence-corrected chi connectivity index (χ2v) is 5.02. The van der Waals surface area contributed by atoms with Gasteiger partial charge >= 0.3 is 0 Å². The van der Waals surface area contributed by atoms with Gasteiger partial charge in [0.1, 0.15) is 5.82 Å². The Morgan fingerprint density at radius 2 is 1.76 bits per heavy atom. The fourth-order valence-corrected chi connectivity index (χ4v) is 2.40. The SMILES string of the molecule is NC(Cn1ccc2ccccc2c1=O)c1ccc(F)cc1. The normalized spacial score (nSPS) is 12.5. The first-order valence-electron chi connectivity index (χ1n) is 6.74. The Balaban J connectivity index is 1.93. The first-order chi connectivity index (χ1) is 10.1. The van der Waals surface area contributed by atoms with E-state index in [9.17, 15) is 9.18 Å². The number of halogens is 1. The summed E-state index contributed by atoms with van der Waals surface area (Å²) >= 11 is 0. The van der Waals surface area contributed by atoms with Gasteiger partial charge in [0.2, 0.25) is 0 Å². The van der Waals surface area contributed by atoms with Crippen molar-refractivity contribution >= 4 is 10.8 Å². The van der Waals surface area contributed by atoms with Crippen molar-refractivity contribution < 1.29 is 4.39 Å². The van der Waals surface area contributed by atoms with Crippen LogP contribution in [0.1, 0.15) is 11.6 Å². The van der Waals surface area contributed by atoms with E-state index in [1.807, 2.05) is 24.3 Å². The Bertz CT molecular complexity index is 824. The van der Waals surface area contributed by atoms with Gasteiger partial charge in [-0.15, -0.1) is 0 Å². The van der Waals surface area contributed by atoms with E-state index in [1.165, 1.54) is 12.1 Å². The number of hydrogen-bond acceptors (Lipinski definition) is 2. The molecule has 1 atom stereocenters. The molecule has 0 bridgehead atoms. The van der Waals surface area contributed by atoms with E-state index in [0.29, 0.717) is 11.9 Å². The summed E-state index contributed by atoms with van der Waals surface area (Å²) in [5.41, 5.74) is 6.85. The third-order valence-electron chi connectivity index (χ3n) is 3.58. The first kappa shape index (κ1) is 13.5. The molecule has 2 aromatic carbocycles. The molecule has 21 heavy (non-hydrogen) atoms. The number of nitrogens with zero attached hydrogens (tertiary/aromatic N) is 1. The number of aromatic nitrogens is 1. The minimum Gasteiger partial charge on any atom is -0.322 e. The van der Waals surface area contributed by atoms with Crippen LogP contribution in [0.2, 0.25) is 0 Å². The molecule has 3 rings (SSSR count). The van der Waals surface area contributed by atoms with Crippen LogP contribution in [-0.4, -0.2) is 4.57 Å². The highest BCUT2D eigenvalue weighted by atomic mass is 19.1. The Labute approximate surface area is 121 Å². The largest absolute Gasteiger partial charge is 0.322 e. The van der Waals surface area contributed by atoms with Crippen LogP contribution in [0.5, 0.6) is 0 Å². The number of nitrogens with two attached hydrogens (primary N) is 1. The van der Waals surface area contributed by atoms with Gasteiger partial charge in [0.05, 0.1) is 0 Å². The second kappa shape index (κ2) is 5.50. The summed E-state index contributed by atoms with van der Waals surface area (Å²) in [5.74, 6) is -0.297. The highest BCUT2D eigenvalue weighted by Gasteiger charge is 2.09. The molecule has 0 saturated heterocycles. The van der Waals surface area contributed by atoms with Crippen LogP contribution < -0.4 is 11.3 Å². The van der Waals surface area contributed by atoms with Crippen LogP contribution in [0.4, 0.5) is 4.39 Å². The van der Waals surface area contributed by atoms with Crippen molar-refractivity contribution in [2.75, 3.05) is 0 Å². The van der Waals surface area contributed by atoms with Gasteiger partial charge in [0, 0.05) is 24.2 Å². The molecule has 4 heteroatoms. The molecule has 0 aliphatic rings. The molecule has 1 heterocycles. The monoisotopic (exact) mass is 282 g/mol. The molecule has 0 aliphatic heterocycles. The zero-order valence-corrected chi connectivity index (χ0v) is 11.4. The topological polar surface area (TPSA) is 48.0 Å². The van der Waals surface area contributed by atoms with Crippen LogP contribution in [-0.2, 0) is 6.54 Å². The minimum atomic E-state index is -0.357. The molecule has 3 nitrogen and oxygen atoms in total. The number of rotatable bonds is 3. The lowest BCUT2D eigenvalue weighted by Gasteiger charge is -2.14. The third kappa shape index (κ3) is 2.71. The van der Waals surface area contributed by atoms with Gasteiger partial charge in [-0.05, 0) is 35.2 Å². The molecule has 0 saturated carbocycles. The molecule has 2 N–H and O–H groups in total. The van der Waals surface area contributed by atoms with Crippen LogP contribution in [0.3, 0.4) is 0 Å². The van der Waals surface area contributed by atoms with Gasteiger partial charge < -0.3 is 10.3 Å². The molecule has 3 aromatic rings. The maximum atomic E-state index is 12.9. The smallest absolute Gasteiger partial charge is 0.258 e. The maximum absolute atomic E-state index is 12.9. The van der Waals surface area contributed by atoms with Gasteiger partial charge in [-0.2, -0.15) is 0 Å². The van der Waals surface area contributed by atoms with E-state index in [2.05, 4.69) is 0 Å². The number of benzene rings is 2. The van der Waals surface area contributed by atoms with Gasteiger partial charge in [-0.1, -0.05) is 30.3 Å². The van der Waals surface area contributed by atoms with Gasteiger partial charge in [0.25, 0.3) is 5.56 Å². The lowest BCUT2D eigenvalue weighted by molar-refractivity contribution is 0.562. The fourth-order valence-electron chi connectivity index (χ4n) is 2.40. The van der Waals surface area contributed by atoms with Crippen molar-refractivity contribution in [1.82, 2.24) is 4.57 Å². The summed E-state index contributed by atoms with van der Waals surface area (Å²) in [6, 6.07) is 15.0. The molecule has 1 unspecified atom stereocenters. The maximum Gasteiger partial charge on any atom is 0.258 e. The number of hydrogen-bond donors (Lipinski definition) is 1. The lowest BCUT2D eigenvalue weighted by atomic mass is 10.1. The number of fused-ring (bicyclic) bond motifs is 1. The van der Waals surface area contributed by atoms with E-state index in [4.69, 9.17) is 5.73 Å². The van der Waals surface area contributed by atoms with Gasteiger partial charge in [-0.3, -0.25) is 4.79 Å². The van der Waals surface area contributed by atoms with Gasteiger partial charge in [-0.25, -0.2) is 4.39 Å². The molecule has 0 aliphatic carbocycles. The van der Waals surface area contributed by atoms with Crippen molar-refractivity contribution in [1.29, 1.82) is 0 Å². The summed E-state index contributed by atoms with van der Waals surface area (Å²) in [7, 11) is 0. The fraction of sp³-hybridized carbons (Fsp3) is 0.118. The zero-order valence-electron chi connectivity index (χ0n) is 11.4. The summed E-state index contributed by atoms with van der Waals surface area (Å²) in [4.78, 5) is 12.4. The van der Waals surface area contributed by atoms with E-state index < -0.39 is 0 Å². The Morgan fingerprint density at radius 3 is 2.52 bits per heavy atom. The average Bonchev–Trinajstić information content (AvgIpc) is 2.51. The van der Waals surface area contributed by atoms with Crippen molar-refractivity contribution in [3.05, 3.63) is 82.5 Å². The van der Waals surface area contributed by atoms with Crippen LogP contribution in [0, 0.1) is 5.82 Å². The minimum absolute atomic E-state index is 0.0642. The summed E-state index contributed by atoms with van der Waals surface area (Å²) < 4.78 is 14.5. The zero-order chi connectivity index (χ0) is 14.8. The summed E-state index contributed by atoms with van der Waals surface area (Å²) in [6.07, 6.45) is 1.74. The Kier molecular flexibility index (Phi) is 3.54. The summed E-state index contributed by atoms with van der Waals surface area (Å²) in [5, 5.41) is 1.58. The van der Waals surface area contributed by atoms with Crippen molar-refractivity contribution in [2.24, 2.45) is 5.73 Å². The van der Waals surface area contributed by atoms with Gasteiger partial charge in [0.15, 0.2) is 0 Å². The van der Waals surface area contributed by atoms with Crippen molar-refractivity contribution in [3.8, 4) is 0 Å². The number of pyridine rings is 1. The summed E-state index contributed by atoms with van der Waals surface area (Å²) in [6.45, 7) is 0.356. The average molecular weight is 282 g/mol. The van der Waals surface area contributed by atoms with Crippen LogP contribution in [0.25, 0.3) is 10.8 Å². The highest BCUT2D eigenvalue weighted by molar-refractivity contribution is 5.81. The Morgan fingerprint density at radius 1 is 1.05 bits per heavy atom. The van der Waals surface area contributed by atoms with Crippen molar-refractivity contribution in [2.45, 2.75) is 12.6 Å². The quantitative estimate of drug-likeness (QED) is 0.803.